The summed E-state index contributed by atoms with van der Waals surface area (Å²) in [5.74, 6) is -0.678. The summed E-state index contributed by atoms with van der Waals surface area (Å²) in [6, 6.07) is 16.6. The van der Waals surface area contributed by atoms with Crippen LogP contribution in [0.5, 0.6) is 0 Å². The number of hydrogen-bond donors (Lipinski definition) is 3. The Labute approximate surface area is 210 Å². The van der Waals surface area contributed by atoms with E-state index in [0.717, 1.165) is 5.39 Å². The molecule has 8 nitrogen and oxygen atoms in total. The van der Waals surface area contributed by atoms with Crippen molar-refractivity contribution in [3.63, 3.8) is 0 Å². The van der Waals surface area contributed by atoms with E-state index in [4.69, 9.17) is 4.42 Å². The lowest BCUT2D eigenvalue weighted by Crippen LogP contribution is -2.54. The SMILES string of the molecule is CC(C)C[C@H](NC(=O)c1cc2ccccc2o1)C(=O)NC1CCCN(C(=O)c2ccccc2)CC1O. The third-order valence-electron chi connectivity index (χ3n) is 6.43. The Hall–Kier alpha value is -3.65. The number of β-amino-alcohol motifs (C(OH)–C–C–N with tert-alkyl or cyclic N) is 1. The quantitative estimate of drug-likeness (QED) is 0.469. The van der Waals surface area contributed by atoms with Gasteiger partial charge < -0.3 is 25.1 Å². The lowest BCUT2D eigenvalue weighted by atomic mass is 10.0. The van der Waals surface area contributed by atoms with Gasteiger partial charge in [0.25, 0.3) is 11.8 Å². The predicted octanol–water partition coefficient (Wildman–Crippen LogP) is 3.36. The van der Waals surface area contributed by atoms with Gasteiger partial charge in [0.1, 0.15) is 11.6 Å². The number of furan rings is 1. The molecule has 36 heavy (non-hydrogen) atoms. The number of hydrogen-bond acceptors (Lipinski definition) is 5. The van der Waals surface area contributed by atoms with E-state index in [0.29, 0.717) is 37.0 Å². The number of amides is 3. The molecule has 190 valence electrons. The number of carbonyl (C=O) groups is 3. The Morgan fingerprint density at radius 1 is 1.08 bits per heavy atom. The van der Waals surface area contributed by atoms with E-state index < -0.39 is 24.1 Å². The van der Waals surface area contributed by atoms with E-state index in [9.17, 15) is 19.5 Å². The summed E-state index contributed by atoms with van der Waals surface area (Å²) < 4.78 is 5.65. The van der Waals surface area contributed by atoms with Gasteiger partial charge in [-0.1, -0.05) is 50.2 Å². The summed E-state index contributed by atoms with van der Waals surface area (Å²) in [6.45, 7) is 4.57. The Kier molecular flexibility index (Phi) is 8.05. The van der Waals surface area contributed by atoms with Gasteiger partial charge in [0.05, 0.1) is 12.1 Å². The fourth-order valence-electron chi connectivity index (χ4n) is 4.56. The van der Waals surface area contributed by atoms with Crippen molar-refractivity contribution in [2.45, 2.75) is 51.3 Å². The largest absolute Gasteiger partial charge is 0.451 e. The molecule has 4 rings (SSSR count). The highest BCUT2D eigenvalue weighted by Crippen LogP contribution is 2.20. The first-order chi connectivity index (χ1) is 17.3. The summed E-state index contributed by atoms with van der Waals surface area (Å²) in [7, 11) is 0. The van der Waals surface area contributed by atoms with Crippen LogP contribution in [-0.4, -0.2) is 59.0 Å². The normalized spacial score (nSPS) is 19.1. The number of rotatable bonds is 7. The van der Waals surface area contributed by atoms with Crippen molar-refractivity contribution in [3.05, 3.63) is 72.0 Å². The zero-order valence-corrected chi connectivity index (χ0v) is 20.6. The van der Waals surface area contributed by atoms with E-state index in [1.165, 1.54) is 0 Å². The predicted molar refractivity (Wildman–Crippen MR) is 136 cm³/mol. The molecule has 3 N–H and O–H groups in total. The molecule has 1 fully saturated rings. The fraction of sp³-hybridized carbons (Fsp3) is 0.393. The molecular weight excluding hydrogens is 458 g/mol. The minimum atomic E-state index is -0.921. The first kappa shape index (κ1) is 25.4. The van der Waals surface area contributed by atoms with Gasteiger partial charge >= 0.3 is 0 Å². The summed E-state index contributed by atoms with van der Waals surface area (Å²) in [4.78, 5) is 40.6. The number of aliphatic hydroxyl groups excluding tert-OH is 1. The second kappa shape index (κ2) is 11.4. The van der Waals surface area contributed by atoms with Crippen molar-refractivity contribution < 1.29 is 23.9 Å². The lowest BCUT2D eigenvalue weighted by Gasteiger charge is -2.27. The maximum Gasteiger partial charge on any atom is 0.287 e. The van der Waals surface area contributed by atoms with E-state index in [1.54, 1.807) is 41.3 Å². The van der Waals surface area contributed by atoms with Crippen LogP contribution in [0.4, 0.5) is 0 Å². The van der Waals surface area contributed by atoms with Gasteiger partial charge in [0.15, 0.2) is 5.76 Å². The van der Waals surface area contributed by atoms with Gasteiger partial charge in [-0.3, -0.25) is 14.4 Å². The third-order valence-corrected chi connectivity index (χ3v) is 6.43. The average Bonchev–Trinajstić information content (AvgIpc) is 3.23. The van der Waals surface area contributed by atoms with Gasteiger partial charge in [-0.05, 0) is 49.4 Å². The number of carbonyl (C=O) groups excluding carboxylic acids is 3. The van der Waals surface area contributed by atoms with Crippen molar-refractivity contribution in [2.24, 2.45) is 5.92 Å². The number of aliphatic hydroxyl groups is 1. The topological polar surface area (TPSA) is 112 Å². The van der Waals surface area contributed by atoms with Gasteiger partial charge in [-0.15, -0.1) is 0 Å². The van der Waals surface area contributed by atoms with Crippen LogP contribution in [0.15, 0.2) is 65.1 Å². The summed E-state index contributed by atoms with van der Waals surface area (Å²) in [5, 5.41) is 17.4. The van der Waals surface area contributed by atoms with Crippen LogP contribution in [-0.2, 0) is 4.79 Å². The Morgan fingerprint density at radius 2 is 1.81 bits per heavy atom. The lowest BCUT2D eigenvalue weighted by molar-refractivity contribution is -0.125. The number of fused-ring (bicyclic) bond motifs is 1. The van der Waals surface area contributed by atoms with Crippen LogP contribution in [0.1, 0.15) is 54.0 Å². The van der Waals surface area contributed by atoms with Gasteiger partial charge in [-0.2, -0.15) is 0 Å². The first-order valence-electron chi connectivity index (χ1n) is 12.4. The first-order valence-corrected chi connectivity index (χ1v) is 12.4. The molecule has 1 saturated heterocycles. The van der Waals surface area contributed by atoms with Crippen LogP contribution < -0.4 is 10.6 Å². The molecule has 1 aliphatic heterocycles. The number of nitrogens with one attached hydrogen (secondary N) is 2. The molecule has 2 heterocycles. The molecule has 1 aliphatic rings. The van der Waals surface area contributed by atoms with E-state index >= 15 is 0 Å². The Balaban J connectivity index is 1.41. The van der Waals surface area contributed by atoms with Crippen molar-refractivity contribution in [1.82, 2.24) is 15.5 Å². The second-order valence-electron chi connectivity index (χ2n) is 9.75. The van der Waals surface area contributed by atoms with Crippen LogP contribution in [0.2, 0.25) is 0 Å². The van der Waals surface area contributed by atoms with Crippen LogP contribution >= 0.6 is 0 Å². The van der Waals surface area contributed by atoms with Gasteiger partial charge in [0.2, 0.25) is 5.91 Å². The molecule has 2 aromatic carbocycles. The van der Waals surface area contributed by atoms with Gasteiger partial charge in [-0.25, -0.2) is 0 Å². The second-order valence-corrected chi connectivity index (χ2v) is 9.75. The molecule has 2 unspecified atom stereocenters. The van der Waals surface area contributed by atoms with Crippen molar-refractivity contribution in [1.29, 1.82) is 0 Å². The standard InChI is InChI=1S/C28H33N3O5/c1-18(2)15-22(30-27(34)25-16-20-11-6-7-13-24(20)36-25)26(33)29-21-12-8-14-31(17-23(21)32)28(35)19-9-4-3-5-10-19/h3-7,9-11,13,16,18,21-23,32H,8,12,14-15,17H2,1-2H3,(H,29,33)(H,30,34)/t21?,22-,23?/m0/s1. The summed E-state index contributed by atoms with van der Waals surface area (Å²) in [6.07, 6.45) is 0.673. The highest BCUT2D eigenvalue weighted by atomic mass is 16.3. The highest BCUT2D eigenvalue weighted by molar-refractivity contribution is 5.98. The van der Waals surface area contributed by atoms with E-state index in [2.05, 4.69) is 10.6 Å². The molecule has 8 heteroatoms. The van der Waals surface area contributed by atoms with Crippen molar-refractivity contribution in [2.75, 3.05) is 13.1 Å². The molecule has 0 saturated carbocycles. The number of likely N-dealkylation sites (tertiary alicyclic amines) is 1. The minimum absolute atomic E-state index is 0.124. The van der Waals surface area contributed by atoms with Crippen molar-refractivity contribution in [3.8, 4) is 0 Å². The molecule has 0 bridgehead atoms. The third kappa shape index (κ3) is 6.12. The number of nitrogens with zero attached hydrogens (tertiary/aromatic N) is 1. The fourth-order valence-corrected chi connectivity index (χ4v) is 4.56. The monoisotopic (exact) mass is 491 g/mol. The zero-order chi connectivity index (χ0) is 25.7. The van der Waals surface area contributed by atoms with Crippen molar-refractivity contribution >= 4 is 28.7 Å². The Bertz CT molecular complexity index is 1170. The Morgan fingerprint density at radius 3 is 2.53 bits per heavy atom. The highest BCUT2D eigenvalue weighted by Gasteiger charge is 2.32. The maximum atomic E-state index is 13.2. The molecule has 0 aliphatic carbocycles. The van der Waals surface area contributed by atoms with Crippen LogP contribution in [0.25, 0.3) is 11.0 Å². The maximum absolute atomic E-state index is 13.2. The molecule has 0 spiro atoms. The minimum Gasteiger partial charge on any atom is -0.451 e. The smallest absolute Gasteiger partial charge is 0.287 e. The summed E-state index contributed by atoms with van der Waals surface area (Å²) >= 11 is 0. The number of para-hydroxylation sites is 1. The van der Waals surface area contributed by atoms with Crippen LogP contribution in [0.3, 0.4) is 0 Å². The molecule has 1 aromatic heterocycles. The van der Waals surface area contributed by atoms with E-state index in [-0.39, 0.29) is 30.0 Å². The molecule has 3 atom stereocenters. The molecule has 3 aromatic rings. The van der Waals surface area contributed by atoms with Crippen LogP contribution in [0, 0.1) is 5.92 Å². The average molecular weight is 492 g/mol. The molecule has 0 radical (unpaired) electrons. The zero-order valence-electron chi connectivity index (χ0n) is 20.6. The number of benzene rings is 2. The summed E-state index contributed by atoms with van der Waals surface area (Å²) in [5.41, 5.74) is 1.17. The molecular formula is C28H33N3O5. The van der Waals surface area contributed by atoms with Gasteiger partial charge in [0, 0.05) is 24.0 Å². The molecule has 3 amide bonds. The van der Waals surface area contributed by atoms with E-state index in [1.807, 2.05) is 38.1 Å².